The topological polar surface area (TPSA) is 85.1 Å². The maximum absolute atomic E-state index is 12.2. The van der Waals surface area contributed by atoms with Crippen molar-refractivity contribution in [3.8, 4) is 0 Å². The minimum Gasteiger partial charge on any atom is -0.320 e. The molecule has 0 saturated carbocycles. The van der Waals surface area contributed by atoms with Crippen LogP contribution in [-0.4, -0.2) is 15.8 Å². The third kappa shape index (κ3) is 3.56. The summed E-state index contributed by atoms with van der Waals surface area (Å²) in [6, 6.07) is 7.15. The summed E-state index contributed by atoms with van der Waals surface area (Å²) < 4.78 is 0.463. The normalized spacial score (nSPS) is 10.2. The van der Waals surface area contributed by atoms with Crippen LogP contribution in [-0.2, 0) is 0 Å². The molecule has 21 heavy (non-hydrogen) atoms. The van der Waals surface area contributed by atoms with Crippen LogP contribution >= 0.6 is 27.5 Å². The summed E-state index contributed by atoms with van der Waals surface area (Å²) in [7, 11) is 0. The zero-order valence-electron chi connectivity index (χ0n) is 10.8. The maximum atomic E-state index is 12.2. The number of non-ortho nitro benzene ring substituents is 1. The van der Waals surface area contributed by atoms with E-state index in [1.165, 1.54) is 18.2 Å². The van der Waals surface area contributed by atoms with E-state index in [1.54, 1.807) is 19.1 Å². The number of benzene rings is 1. The highest BCUT2D eigenvalue weighted by atomic mass is 79.9. The highest BCUT2D eigenvalue weighted by Gasteiger charge is 2.16. The van der Waals surface area contributed by atoms with E-state index in [0.717, 1.165) is 0 Å². The van der Waals surface area contributed by atoms with Crippen LogP contribution in [0.5, 0.6) is 0 Å². The number of amides is 1. The van der Waals surface area contributed by atoms with E-state index in [2.05, 4.69) is 26.2 Å². The molecule has 2 aromatic rings. The molecule has 0 bridgehead atoms. The molecule has 0 aliphatic rings. The molecule has 0 spiro atoms. The second kappa shape index (κ2) is 6.19. The quantitative estimate of drug-likeness (QED) is 0.503. The van der Waals surface area contributed by atoms with Gasteiger partial charge in [0.05, 0.1) is 21.9 Å². The minimum absolute atomic E-state index is 0.158. The Hall–Kier alpha value is -1.99. The number of anilines is 1. The van der Waals surface area contributed by atoms with Gasteiger partial charge in [0.15, 0.2) is 0 Å². The lowest BCUT2D eigenvalue weighted by Crippen LogP contribution is -2.14. The van der Waals surface area contributed by atoms with Crippen LogP contribution in [0.3, 0.4) is 0 Å². The number of aryl methyl sites for hydroxylation is 1. The lowest BCUT2D eigenvalue weighted by molar-refractivity contribution is -0.384. The number of hydrogen-bond donors (Lipinski definition) is 1. The van der Waals surface area contributed by atoms with Gasteiger partial charge in [-0.15, -0.1) is 0 Å². The predicted octanol–water partition coefficient (Wildman–Crippen LogP) is 3.97. The van der Waals surface area contributed by atoms with Crippen molar-refractivity contribution in [2.75, 3.05) is 5.32 Å². The largest absolute Gasteiger partial charge is 0.320 e. The summed E-state index contributed by atoms with van der Waals surface area (Å²) in [6.07, 6.45) is 0. The highest BCUT2D eigenvalue weighted by molar-refractivity contribution is 9.10. The lowest BCUT2D eigenvalue weighted by Gasteiger charge is -2.09. The van der Waals surface area contributed by atoms with Gasteiger partial charge in [0, 0.05) is 16.6 Å². The average Bonchev–Trinajstić information content (AvgIpc) is 2.42. The van der Waals surface area contributed by atoms with Crippen LogP contribution in [0.25, 0.3) is 0 Å². The first-order valence-corrected chi connectivity index (χ1v) is 6.94. The van der Waals surface area contributed by atoms with E-state index >= 15 is 0 Å². The molecule has 8 heteroatoms. The average molecular weight is 371 g/mol. The van der Waals surface area contributed by atoms with Crippen LogP contribution in [0.1, 0.15) is 16.1 Å². The first kappa shape index (κ1) is 15.4. The van der Waals surface area contributed by atoms with Crippen LogP contribution < -0.4 is 5.32 Å². The standard InChI is InChI=1S/C13H9BrClN3O3/c1-7-11(4-5-12(15)16-7)17-13(19)9-6-8(18(20)21)2-3-10(9)14/h2-6H,1H3,(H,17,19). The second-order valence-corrected chi connectivity index (χ2v) is 5.38. The number of pyridine rings is 1. The molecule has 2 rings (SSSR count). The summed E-state index contributed by atoms with van der Waals surface area (Å²) in [5.41, 5.74) is 1.05. The van der Waals surface area contributed by atoms with Gasteiger partial charge in [-0.05, 0) is 41.1 Å². The lowest BCUT2D eigenvalue weighted by atomic mass is 10.2. The highest BCUT2D eigenvalue weighted by Crippen LogP contribution is 2.24. The van der Waals surface area contributed by atoms with Crippen molar-refractivity contribution in [2.24, 2.45) is 0 Å². The molecular formula is C13H9BrClN3O3. The zero-order valence-corrected chi connectivity index (χ0v) is 13.1. The van der Waals surface area contributed by atoms with Crippen molar-refractivity contribution >= 4 is 44.8 Å². The molecule has 0 atom stereocenters. The van der Waals surface area contributed by atoms with Gasteiger partial charge in [0.1, 0.15) is 5.15 Å². The van der Waals surface area contributed by atoms with Gasteiger partial charge in [-0.2, -0.15) is 0 Å². The number of nitrogens with zero attached hydrogens (tertiary/aromatic N) is 2. The molecule has 1 aromatic heterocycles. The minimum atomic E-state index is -0.557. The molecule has 0 fully saturated rings. The van der Waals surface area contributed by atoms with E-state index < -0.39 is 10.8 Å². The molecule has 0 saturated heterocycles. The molecule has 1 amide bonds. The Morgan fingerprint density at radius 2 is 2.10 bits per heavy atom. The second-order valence-electron chi connectivity index (χ2n) is 4.14. The summed E-state index contributed by atoms with van der Waals surface area (Å²) in [4.78, 5) is 26.5. The molecule has 0 aliphatic carbocycles. The van der Waals surface area contributed by atoms with Crippen molar-refractivity contribution in [3.05, 3.63) is 61.3 Å². The van der Waals surface area contributed by atoms with Gasteiger partial charge in [0.25, 0.3) is 11.6 Å². The van der Waals surface area contributed by atoms with Gasteiger partial charge in [-0.1, -0.05) is 11.6 Å². The maximum Gasteiger partial charge on any atom is 0.270 e. The van der Waals surface area contributed by atoms with Gasteiger partial charge in [0.2, 0.25) is 0 Å². The number of carbonyl (C=O) groups excluding carboxylic acids is 1. The van der Waals surface area contributed by atoms with Crippen molar-refractivity contribution in [3.63, 3.8) is 0 Å². The smallest absolute Gasteiger partial charge is 0.270 e. The van der Waals surface area contributed by atoms with E-state index in [4.69, 9.17) is 11.6 Å². The third-order valence-electron chi connectivity index (χ3n) is 2.71. The SMILES string of the molecule is Cc1nc(Cl)ccc1NC(=O)c1cc([N+](=O)[O-])ccc1Br. The number of nitro benzene ring substituents is 1. The Morgan fingerprint density at radius 3 is 2.71 bits per heavy atom. The van der Waals surface area contributed by atoms with Crippen molar-refractivity contribution in [1.82, 2.24) is 4.98 Å². The van der Waals surface area contributed by atoms with Crippen LogP contribution in [0.4, 0.5) is 11.4 Å². The number of aromatic nitrogens is 1. The first-order chi connectivity index (χ1) is 9.88. The number of halogens is 2. The van der Waals surface area contributed by atoms with Crippen molar-refractivity contribution in [1.29, 1.82) is 0 Å². The third-order valence-corrected chi connectivity index (χ3v) is 3.61. The van der Waals surface area contributed by atoms with E-state index in [0.29, 0.717) is 21.0 Å². The van der Waals surface area contributed by atoms with Crippen molar-refractivity contribution in [2.45, 2.75) is 6.92 Å². The number of carbonyl (C=O) groups is 1. The zero-order chi connectivity index (χ0) is 15.6. The summed E-state index contributed by atoms with van der Waals surface area (Å²) >= 11 is 8.95. The Morgan fingerprint density at radius 1 is 1.38 bits per heavy atom. The summed E-state index contributed by atoms with van der Waals surface area (Å²) in [6.45, 7) is 1.70. The van der Waals surface area contributed by atoms with E-state index in [-0.39, 0.29) is 11.3 Å². The molecule has 0 unspecified atom stereocenters. The van der Waals surface area contributed by atoms with E-state index in [1.807, 2.05) is 0 Å². The van der Waals surface area contributed by atoms with Crippen LogP contribution in [0, 0.1) is 17.0 Å². The fourth-order valence-electron chi connectivity index (χ4n) is 1.65. The summed E-state index contributed by atoms with van der Waals surface area (Å²) in [5.74, 6) is -0.474. The molecule has 0 radical (unpaired) electrons. The Kier molecular flexibility index (Phi) is 4.54. The molecule has 6 nitrogen and oxygen atoms in total. The van der Waals surface area contributed by atoms with Gasteiger partial charge in [-0.25, -0.2) is 4.98 Å². The van der Waals surface area contributed by atoms with Gasteiger partial charge >= 0.3 is 0 Å². The fourth-order valence-corrected chi connectivity index (χ4v) is 2.27. The van der Waals surface area contributed by atoms with Crippen LogP contribution in [0.15, 0.2) is 34.8 Å². The van der Waals surface area contributed by atoms with Gasteiger partial charge in [-0.3, -0.25) is 14.9 Å². The monoisotopic (exact) mass is 369 g/mol. The molecule has 1 heterocycles. The molecule has 1 N–H and O–H groups in total. The predicted molar refractivity (Wildman–Crippen MR) is 82.7 cm³/mol. The van der Waals surface area contributed by atoms with Crippen molar-refractivity contribution < 1.29 is 9.72 Å². The Balaban J connectivity index is 2.32. The number of nitrogens with one attached hydrogen (secondary N) is 1. The molecule has 0 aliphatic heterocycles. The first-order valence-electron chi connectivity index (χ1n) is 5.77. The number of nitro groups is 1. The summed E-state index contributed by atoms with van der Waals surface area (Å²) in [5, 5.41) is 13.7. The van der Waals surface area contributed by atoms with Gasteiger partial charge < -0.3 is 5.32 Å². The fraction of sp³-hybridized carbons (Fsp3) is 0.0769. The Labute approximate surface area is 133 Å². The molecule has 1 aromatic carbocycles. The Bertz CT molecular complexity index is 737. The van der Waals surface area contributed by atoms with Crippen LogP contribution in [0.2, 0.25) is 5.15 Å². The molecule has 108 valence electrons. The van der Waals surface area contributed by atoms with E-state index in [9.17, 15) is 14.9 Å². The number of rotatable bonds is 3. The molecular weight excluding hydrogens is 362 g/mol. The number of hydrogen-bond acceptors (Lipinski definition) is 4.